The van der Waals surface area contributed by atoms with Gasteiger partial charge in [0, 0.05) is 59.4 Å². The van der Waals surface area contributed by atoms with E-state index < -0.39 is 0 Å². The molecule has 4 aromatic rings. The van der Waals surface area contributed by atoms with E-state index in [9.17, 15) is 4.79 Å². The van der Waals surface area contributed by atoms with Gasteiger partial charge in [-0.05, 0) is 47.9 Å². The first-order valence-electron chi connectivity index (χ1n) is 13.7. The average molecular weight is 544 g/mol. The molecule has 3 aromatic carbocycles. The number of fused-ring (bicyclic) bond motifs is 1. The molecule has 6 rings (SSSR count). The van der Waals surface area contributed by atoms with E-state index in [0.717, 1.165) is 67.1 Å². The van der Waals surface area contributed by atoms with Crippen LogP contribution in [0.5, 0.6) is 0 Å². The second-order valence-electron chi connectivity index (χ2n) is 10.8. The van der Waals surface area contributed by atoms with Crippen LogP contribution in [-0.4, -0.2) is 66.4 Å². The zero-order valence-electron chi connectivity index (χ0n) is 22.4. The highest BCUT2D eigenvalue weighted by atomic mass is 35.5. The number of aromatic amines is 1. The van der Waals surface area contributed by atoms with Gasteiger partial charge in [-0.1, -0.05) is 55.8 Å². The standard InChI is InChI=1S/C31H34ClN5O2/c1-20(2)29(25-5-3-4-6-27(25)32)33-31(38)22-9-12-28-26(17-22)30(35-34-28)21-7-10-23(11-8-21)37-18-24(19-37)36-13-15-39-16-14-36/h3-12,17,20,24,29H,13-16,18-19H2,1-2H3,(H,33,38)(H,34,35)/t29-/m0/s1. The number of aromatic nitrogens is 2. The van der Waals surface area contributed by atoms with Gasteiger partial charge >= 0.3 is 0 Å². The van der Waals surface area contributed by atoms with Crippen LogP contribution in [0.3, 0.4) is 0 Å². The predicted molar refractivity (Wildman–Crippen MR) is 156 cm³/mol. The van der Waals surface area contributed by atoms with E-state index in [0.29, 0.717) is 16.6 Å². The molecule has 3 heterocycles. The van der Waals surface area contributed by atoms with Crippen molar-refractivity contribution < 1.29 is 9.53 Å². The Kier molecular flexibility index (Phi) is 7.30. The summed E-state index contributed by atoms with van der Waals surface area (Å²) in [7, 11) is 0. The number of amides is 1. The van der Waals surface area contributed by atoms with E-state index in [4.69, 9.17) is 16.3 Å². The topological polar surface area (TPSA) is 73.5 Å². The van der Waals surface area contributed by atoms with Gasteiger partial charge in [0.05, 0.1) is 30.5 Å². The molecule has 1 amide bonds. The van der Waals surface area contributed by atoms with Crippen LogP contribution in [0.15, 0.2) is 66.7 Å². The number of carbonyl (C=O) groups excluding carboxylic acids is 1. The summed E-state index contributed by atoms with van der Waals surface area (Å²) in [4.78, 5) is 18.3. The molecule has 0 radical (unpaired) electrons. The number of H-pyrrole nitrogens is 1. The van der Waals surface area contributed by atoms with E-state index in [2.05, 4.69) is 63.4 Å². The predicted octanol–water partition coefficient (Wildman–Crippen LogP) is 5.53. The average Bonchev–Trinajstić information content (AvgIpc) is 3.35. The largest absolute Gasteiger partial charge is 0.379 e. The molecular formula is C31H34ClN5O2. The van der Waals surface area contributed by atoms with Crippen LogP contribution < -0.4 is 10.2 Å². The zero-order valence-corrected chi connectivity index (χ0v) is 23.1. The molecule has 2 N–H and O–H groups in total. The lowest BCUT2D eigenvalue weighted by atomic mass is 9.95. The molecule has 1 atom stereocenters. The minimum absolute atomic E-state index is 0.134. The van der Waals surface area contributed by atoms with Gasteiger partial charge in [0.25, 0.3) is 5.91 Å². The highest BCUT2D eigenvalue weighted by Gasteiger charge is 2.32. The Balaban J connectivity index is 1.18. The summed E-state index contributed by atoms with van der Waals surface area (Å²) in [5.41, 5.74) is 5.49. The fraction of sp³-hybridized carbons (Fsp3) is 0.355. The lowest BCUT2D eigenvalue weighted by molar-refractivity contribution is 0.0105. The van der Waals surface area contributed by atoms with Gasteiger partial charge in [-0.25, -0.2) is 0 Å². The second-order valence-corrected chi connectivity index (χ2v) is 11.2. The molecule has 2 aliphatic rings. The summed E-state index contributed by atoms with van der Waals surface area (Å²) < 4.78 is 5.49. The Hall–Kier alpha value is -3.39. The van der Waals surface area contributed by atoms with E-state index in [1.54, 1.807) is 0 Å². The number of morpholine rings is 1. The Morgan fingerprint density at radius 3 is 2.51 bits per heavy atom. The molecule has 39 heavy (non-hydrogen) atoms. The summed E-state index contributed by atoms with van der Waals surface area (Å²) in [6.45, 7) is 10.0. The Bertz CT molecular complexity index is 1460. The number of nitrogens with zero attached hydrogens (tertiary/aromatic N) is 3. The van der Waals surface area contributed by atoms with Crippen molar-refractivity contribution in [3.8, 4) is 11.3 Å². The van der Waals surface area contributed by atoms with E-state index in [-0.39, 0.29) is 17.9 Å². The summed E-state index contributed by atoms with van der Waals surface area (Å²) >= 11 is 6.46. The van der Waals surface area contributed by atoms with Crippen molar-refractivity contribution in [2.75, 3.05) is 44.3 Å². The molecule has 0 saturated carbocycles. The van der Waals surface area contributed by atoms with Crippen molar-refractivity contribution in [2.24, 2.45) is 5.92 Å². The number of hydrogen-bond donors (Lipinski definition) is 2. The minimum Gasteiger partial charge on any atom is -0.379 e. The fourth-order valence-corrected chi connectivity index (χ4v) is 5.85. The van der Waals surface area contributed by atoms with Crippen molar-refractivity contribution in [1.82, 2.24) is 20.4 Å². The van der Waals surface area contributed by atoms with Crippen molar-refractivity contribution >= 4 is 34.1 Å². The second kappa shape index (κ2) is 11.0. The molecule has 1 aromatic heterocycles. The zero-order chi connectivity index (χ0) is 26.9. The van der Waals surface area contributed by atoms with Crippen molar-refractivity contribution in [3.63, 3.8) is 0 Å². The number of anilines is 1. The fourth-order valence-electron chi connectivity index (χ4n) is 5.60. The SMILES string of the molecule is CC(C)[C@H](NC(=O)c1ccc2[nH]nc(-c3ccc(N4CC(N5CCOCC5)C4)cc3)c2c1)c1ccccc1Cl. The number of benzene rings is 3. The highest BCUT2D eigenvalue weighted by Crippen LogP contribution is 2.32. The van der Waals surface area contributed by atoms with E-state index >= 15 is 0 Å². The van der Waals surface area contributed by atoms with Crippen molar-refractivity contribution in [3.05, 3.63) is 82.9 Å². The molecular weight excluding hydrogens is 510 g/mol. The van der Waals surface area contributed by atoms with Crippen LogP contribution in [0.25, 0.3) is 22.2 Å². The summed E-state index contributed by atoms with van der Waals surface area (Å²) in [6, 6.07) is 22.3. The molecule has 0 bridgehead atoms. The normalized spacial score (nSPS) is 17.4. The quantitative estimate of drug-likeness (QED) is 0.320. The summed E-state index contributed by atoms with van der Waals surface area (Å²) in [5.74, 6) is 0.0433. The molecule has 2 aliphatic heterocycles. The number of halogens is 1. The molecule has 7 nitrogen and oxygen atoms in total. The van der Waals surface area contributed by atoms with Gasteiger partial charge in [0.2, 0.25) is 0 Å². The van der Waals surface area contributed by atoms with Gasteiger partial charge in [0.1, 0.15) is 0 Å². The first-order chi connectivity index (χ1) is 19.0. The summed E-state index contributed by atoms with van der Waals surface area (Å²) in [5, 5.41) is 12.5. The molecule has 0 aliphatic carbocycles. The van der Waals surface area contributed by atoms with Gasteiger partial charge in [-0.3, -0.25) is 14.8 Å². The molecule has 2 saturated heterocycles. The van der Waals surface area contributed by atoms with Gasteiger partial charge in [-0.2, -0.15) is 5.10 Å². The maximum atomic E-state index is 13.4. The third kappa shape index (κ3) is 5.26. The van der Waals surface area contributed by atoms with Gasteiger partial charge in [0.15, 0.2) is 0 Å². The summed E-state index contributed by atoms with van der Waals surface area (Å²) in [6.07, 6.45) is 0. The number of carbonyl (C=O) groups is 1. The van der Waals surface area contributed by atoms with E-state index in [1.165, 1.54) is 5.69 Å². The monoisotopic (exact) mass is 543 g/mol. The van der Waals surface area contributed by atoms with E-state index in [1.807, 2.05) is 42.5 Å². The number of nitrogens with one attached hydrogen (secondary N) is 2. The maximum absolute atomic E-state index is 13.4. The Morgan fingerprint density at radius 1 is 1.05 bits per heavy atom. The van der Waals surface area contributed by atoms with Gasteiger partial charge < -0.3 is 15.0 Å². The van der Waals surface area contributed by atoms with Crippen LogP contribution in [0.1, 0.15) is 35.8 Å². The highest BCUT2D eigenvalue weighted by molar-refractivity contribution is 6.31. The van der Waals surface area contributed by atoms with Crippen LogP contribution in [-0.2, 0) is 4.74 Å². The van der Waals surface area contributed by atoms with Gasteiger partial charge in [-0.15, -0.1) is 0 Å². The van der Waals surface area contributed by atoms with Crippen LogP contribution in [0, 0.1) is 5.92 Å². The molecule has 0 unspecified atom stereocenters. The number of ether oxygens (including phenoxy) is 1. The third-order valence-corrected chi connectivity index (χ3v) is 8.29. The molecule has 8 heteroatoms. The molecule has 2 fully saturated rings. The molecule has 202 valence electrons. The third-order valence-electron chi connectivity index (χ3n) is 7.95. The van der Waals surface area contributed by atoms with Crippen LogP contribution in [0.4, 0.5) is 5.69 Å². The smallest absolute Gasteiger partial charge is 0.251 e. The molecule has 0 spiro atoms. The first-order valence-corrected chi connectivity index (χ1v) is 14.1. The minimum atomic E-state index is -0.192. The Labute approximate surface area is 234 Å². The lowest BCUT2D eigenvalue weighted by Gasteiger charge is -2.47. The van der Waals surface area contributed by atoms with Crippen LogP contribution in [0.2, 0.25) is 5.02 Å². The van der Waals surface area contributed by atoms with Crippen molar-refractivity contribution in [1.29, 1.82) is 0 Å². The van der Waals surface area contributed by atoms with Crippen LogP contribution >= 0.6 is 11.6 Å². The lowest BCUT2D eigenvalue weighted by Crippen LogP contribution is -2.61. The Morgan fingerprint density at radius 2 is 1.79 bits per heavy atom. The maximum Gasteiger partial charge on any atom is 0.251 e. The number of rotatable bonds is 7. The number of hydrogen-bond acceptors (Lipinski definition) is 5. The first kappa shape index (κ1) is 25.9. The van der Waals surface area contributed by atoms with Crippen molar-refractivity contribution in [2.45, 2.75) is 25.9 Å².